The SMILES string of the molecule is CO[C@H]1CCC[C@@H](C(C)(C)C)C1. The fraction of sp³-hybridized carbons (Fsp3) is 1.00. The highest BCUT2D eigenvalue weighted by atomic mass is 16.5. The Kier molecular flexibility index (Phi) is 3.16. The van der Waals surface area contributed by atoms with E-state index in [-0.39, 0.29) is 0 Å². The molecule has 0 saturated heterocycles. The second-order valence-electron chi connectivity index (χ2n) is 5.09. The molecule has 12 heavy (non-hydrogen) atoms. The standard InChI is InChI=1S/C11H22O/c1-11(2,3)9-6-5-7-10(8-9)12-4/h9-10H,5-8H2,1-4H3/t9-,10+/m1/s1. The minimum atomic E-state index is 0.469. The van der Waals surface area contributed by atoms with Crippen molar-refractivity contribution in [1.82, 2.24) is 0 Å². The minimum Gasteiger partial charge on any atom is -0.381 e. The van der Waals surface area contributed by atoms with Crippen LogP contribution < -0.4 is 0 Å². The summed E-state index contributed by atoms with van der Waals surface area (Å²) < 4.78 is 5.42. The highest BCUT2D eigenvalue weighted by Crippen LogP contribution is 2.38. The highest BCUT2D eigenvalue weighted by molar-refractivity contribution is 4.81. The third-order valence-electron chi connectivity index (χ3n) is 3.18. The number of methoxy groups -OCH3 is 1. The van der Waals surface area contributed by atoms with Crippen LogP contribution in [0.25, 0.3) is 0 Å². The molecule has 0 aromatic rings. The largest absolute Gasteiger partial charge is 0.381 e. The summed E-state index contributed by atoms with van der Waals surface area (Å²) in [7, 11) is 1.84. The molecule has 0 aromatic heterocycles. The van der Waals surface area contributed by atoms with Crippen molar-refractivity contribution in [3.8, 4) is 0 Å². The molecule has 1 heteroatoms. The first-order valence-corrected chi connectivity index (χ1v) is 5.07. The molecule has 0 heterocycles. The third kappa shape index (κ3) is 2.48. The zero-order chi connectivity index (χ0) is 9.19. The van der Waals surface area contributed by atoms with Gasteiger partial charge in [-0.2, -0.15) is 0 Å². The summed E-state index contributed by atoms with van der Waals surface area (Å²) in [5, 5.41) is 0. The van der Waals surface area contributed by atoms with Gasteiger partial charge in [-0.3, -0.25) is 0 Å². The smallest absolute Gasteiger partial charge is 0.0574 e. The van der Waals surface area contributed by atoms with Crippen molar-refractivity contribution in [3.05, 3.63) is 0 Å². The van der Waals surface area contributed by atoms with Gasteiger partial charge in [0, 0.05) is 7.11 Å². The Hall–Kier alpha value is -0.0400. The van der Waals surface area contributed by atoms with Gasteiger partial charge in [-0.25, -0.2) is 0 Å². The molecule has 0 aliphatic heterocycles. The molecular formula is C11H22O. The molecule has 1 aliphatic carbocycles. The van der Waals surface area contributed by atoms with Gasteiger partial charge in [0.1, 0.15) is 0 Å². The lowest BCUT2D eigenvalue weighted by Gasteiger charge is -2.37. The first kappa shape index (κ1) is 10.0. The zero-order valence-electron chi connectivity index (χ0n) is 8.89. The van der Waals surface area contributed by atoms with Crippen LogP contribution in [-0.4, -0.2) is 13.2 Å². The highest BCUT2D eigenvalue weighted by Gasteiger charge is 2.30. The van der Waals surface area contributed by atoms with Gasteiger partial charge < -0.3 is 4.74 Å². The number of hydrogen-bond donors (Lipinski definition) is 0. The molecular weight excluding hydrogens is 148 g/mol. The van der Waals surface area contributed by atoms with Gasteiger partial charge in [-0.15, -0.1) is 0 Å². The van der Waals surface area contributed by atoms with Crippen molar-refractivity contribution in [2.24, 2.45) is 11.3 Å². The van der Waals surface area contributed by atoms with E-state index in [1.165, 1.54) is 25.7 Å². The van der Waals surface area contributed by atoms with Crippen molar-refractivity contribution in [2.75, 3.05) is 7.11 Å². The lowest BCUT2D eigenvalue weighted by atomic mass is 9.71. The summed E-state index contributed by atoms with van der Waals surface area (Å²) >= 11 is 0. The van der Waals surface area contributed by atoms with Crippen LogP contribution in [0.4, 0.5) is 0 Å². The molecule has 72 valence electrons. The Morgan fingerprint density at radius 2 is 1.83 bits per heavy atom. The second-order valence-corrected chi connectivity index (χ2v) is 5.09. The van der Waals surface area contributed by atoms with Gasteiger partial charge in [0.25, 0.3) is 0 Å². The van der Waals surface area contributed by atoms with Gasteiger partial charge in [-0.1, -0.05) is 27.2 Å². The minimum absolute atomic E-state index is 0.469. The van der Waals surface area contributed by atoms with E-state index in [0.717, 1.165) is 5.92 Å². The summed E-state index contributed by atoms with van der Waals surface area (Å²) in [6.07, 6.45) is 5.80. The molecule has 1 fully saturated rings. The van der Waals surface area contributed by atoms with E-state index >= 15 is 0 Å². The summed E-state index contributed by atoms with van der Waals surface area (Å²) in [6.45, 7) is 7.03. The van der Waals surface area contributed by atoms with Crippen LogP contribution in [0.5, 0.6) is 0 Å². The second kappa shape index (κ2) is 3.78. The molecule has 0 radical (unpaired) electrons. The van der Waals surface area contributed by atoms with E-state index < -0.39 is 0 Å². The van der Waals surface area contributed by atoms with E-state index in [2.05, 4.69) is 20.8 Å². The quantitative estimate of drug-likeness (QED) is 0.587. The van der Waals surface area contributed by atoms with Crippen LogP contribution in [0, 0.1) is 11.3 Å². The molecule has 0 spiro atoms. The normalized spacial score (nSPS) is 32.0. The van der Waals surface area contributed by atoms with E-state index in [1.807, 2.05) is 7.11 Å². The van der Waals surface area contributed by atoms with Crippen LogP contribution in [0.2, 0.25) is 0 Å². The molecule has 0 aromatic carbocycles. The first-order chi connectivity index (χ1) is 5.54. The van der Waals surface area contributed by atoms with Gasteiger partial charge in [0.15, 0.2) is 0 Å². The predicted molar refractivity (Wildman–Crippen MR) is 52.2 cm³/mol. The summed E-state index contributed by atoms with van der Waals surface area (Å²) in [4.78, 5) is 0. The Labute approximate surface area is 76.5 Å². The molecule has 2 atom stereocenters. The summed E-state index contributed by atoms with van der Waals surface area (Å²) in [5.74, 6) is 0.858. The molecule has 1 saturated carbocycles. The van der Waals surface area contributed by atoms with Gasteiger partial charge in [0.05, 0.1) is 6.10 Å². The molecule has 1 nitrogen and oxygen atoms in total. The molecule has 1 aliphatic rings. The molecule has 1 rings (SSSR count). The van der Waals surface area contributed by atoms with E-state index in [0.29, 0.717) is 11.5 Å². The van der Waals surface area contributed by atoms with Gasteiger partial charge in [0.2, 0.25) is 0 Å². The van der Waals surface area contributed by atoms with Crippen LogP contribution in [-0.2, 0) is 4.74 Å². The van der Waals surface area contributed by atoms with Crippen molar-refractivity contribution in [1.29, 1.82) is 0 Å². The van der Waals surface area contributed by atoms with Gasteiger partial charge >= 0.3 is 0 Å². The lowest BCUT2D eigenvalue weighted by molar-refractivity contribution is 0.0232. The number of rotatable bonds is 1. The van der Waals surface area contributed by atoms with Crippen LogP contribution in [0.15, 0.2) is 0 Å². The average molecular weight is 170 g/mol. The van der Waals surface area contributed by atoms with Crippen molar-refractivity contribution >= 4 is 0 Å². The molecule has 0 amide bonds. The molecule has 0 bridgehead atoms. The maximum Gasteiger partial charge on any atom is 0.0574 e. The Bertz CT molecular complexity index is 134. The fourth-order valence-corrected chi connectivity index (χ4v) is 2.15. The number of ether oxygens (including phenoxy) is 1. The number of hydrogen-bond acceptors (Lipinski definition) is 1. The molecule has 0 N–H and O–H groups in total. The average Bonchev–Trinajstić information content (AvgIpc) is 2.03. The van der Waals surface area contributed by atoms with Gasteiger partial charge in [-0.05, 0) is 30.6 Å². The molecule has 0 unspecified atom stereocenters. The summed E-state index contributed by atoms with van der Waals surface area (Å²) in [6, 6.07) is 0. The Balaban J connectivity index is 2.46. The fourth-order valence-electron chi connectivity index (χ4n) is 2.15. The zero-order valence-corrected chi connectivity index (χ0v) is 8.89. The van der Waals surface area contributed by atoms with E-state index in [4.69, 9.17) is 4.74 Å². The Morgan fingerprint density at radius 1 is 1.17 bits per heavy atom. The maximum absolute atomic E-state index is 5.42. The topological polar surface area (TPSA) is 9.23 Å². The van der Waals surface area contributed by atoms with Crippen molar-refractivity contribution < 1.29 is 4.74 Å². The van der Waals surface area contributed by atoms with Crippen LogP contribution >= 0.6 is 0 Å². The van der Waals surface area contributed by atoms with E-state index in [1.54, 1.807) is 0 Å². The Morgan fingerprint density at radius 3 is 2.33 bits per heavy atom. The lowest BCUT2D eigenvalue weighted by Crippen LogP contribution is -2.30. The summed E-state index contributed by atoms with van der Waals surface area (Å²) in [5.41, 5.74) is 0.469. The monoisotopic (exact) mass is 170 g/mol. The maximum atomic E-state index is 5.42. The first-order valence-electron chi connectivity index (χ1n) is 5.07. The van der Waals surface area contributed by atoms with Crippen molar-refractivity contribution in [3.63, 3.8) is 0 Å². The third-order valence-corrected chi connectivity index (χ3v) is 3.18. The van der Waals surface area contributed by atoms with Crippen LogP contribution in [0.3, 0.4) is 0 Å². The van der Waals surface area contributed by atoms with E-state index in [9.17, 15) is 0 Å². The van der Waals surface area contributed by atoms with Crippen molar-refractivity contribution in [2.45, 2.75) is 52.6 Å². The van der Waals surface area contributed by atoms with Crippen LogP contribution in [0.1, 0.15) is 46.5 Å². The predicted octanol–water partition coefficient (Wildman–Crippen LogP) is 3.24.